The average molecular weight is 812 g/mol. The van der Waals surface area contributed by atoms with E-state index in [-0.39, 0.29) is 30.7 Å². The van der Waals surface area contributed by atoms with Gasteiger partial charge in [0.1, 0.15) is 11.8 Å². The number of hydrogen-bond acceptors (Lipinski definition) is 12. The molecule has 0 aromatic heterocycles. The Balaban J connectivity index is 1.51. The fraction of sp³-hybridized carbons (Fsp3) is 0.610. The number of hydrogen-bond donors (Lipinski definition) is 8. The van der Waals surface area contributed by atoms with Crippen LogP contribution in [0.4, 0.5) is 9.59 Å². The number of benzene rings is 2. The predicted molar refractivity (Wildman–Crippen MR) is 219 cm³/mol. The van der Waals surface area contributed by atoms with Gasteiger partial charge in [-0.15, -0.1) is 0 Å². The number of rotatable bonds is 21. The highest BCUT2D eigenvalue weighted by atomic mass is 16.5. The van der Waals surface area contributed by atoms with Crippen molar-refractivity contribution < 1.29 is 38.9 Å². The number of ether oxygens (including phenoxy) is 2. The van der Waals surface area contributed by atoms with E-state index < -0.39 is 53.9 Å². The molecule has 17 nitrogen and oxygen atoms in total. The van der Waals surface area contributed by atoms with Crippen molar-refractivity contribution in [1.29, 1.82) is 0 Å². The number of morpholine rings is 2. The SMILES string of the molecule is CC(C)[C@H](NC(=O)NCCN1CCOCC1)C(=O)NN(Cc1ccc(O)cc1)C[C@@H](O)[C@@H](C(=O)[C@@H](NC(=O)NCCN1CCOCC1)C(C)C)C(N)c1ccccc1. The van der Waals surface area contributed by atoms with E-state index in [9.17, 15) is 29.4 Å². The molecule has 2 saturated heterocycles. The van der Waals surface area contributed by atoms with Crippen LogP contribution in [-0.4, -0.2) is 152 Å². The molecule has 4 rings (SSSR count). The zero-order valence-corrected chi connectivity index (χ0v) is 34.4. The van der Waals surface area contributed by atoms with Crippen LogP contribution in [0.25, 0.3) is 0 Å². The molecule has 0 bridgehead atoms. The second kappa shape index (κ2) is 23.9. The third kappa shape index (κ3) is 15.1. The maximum absolute atomic E-state index is 14.6. The lowest BCUT2D eigenvalue weighted by Crippen LogP contribution is -2.59. The molecule has 2 aliphatic heterocycles. The van der Waals surface area contributed by atoms with Gasteiger partial charge >= 0.3 is 12.1 Å². The smallest absolute Gasteiger partial charge is 0.315 e. The maximum atomic E-state index is 14.6. The standard InChI is InChI=1S/C41H65N9O8/c1-28(2)36(45-40(55)43-14-16-48-18-22-57-23-19-48)38(53)34(35(42)31-8-6-5-7-9-31)33(52)27-50(26-30-10-12-32(51)13-11-30)47-39(54)37(29(3)4)46-41(56)44-15-17-49-20-24-58-25-21-49/h5-13,28-29,33-37,51-52H,14-27,42H2,1-4H3,(H,47,54)(H2,43,45,55)(H2,44,46,56)/t33-,34-,35?,36+,37+/m1/s1. The van der Waals surface area contributed by atoms with Gasteiger partial charge in [-0.05, 0) is 35.1 Å². The molecule has 2 aromatic carbocycles. The summed E-state index contributed by atoms with van der Waals surface area (Å²) in [6.45, 7) is 14.8. The fourth-order valence-corrected chi connectivity index (χ4v) is 7.02. The largest absolute Gasteiger partial charge is 0.508 e. The number of urea groups is 2. The van der Waals surface area contributed by atoms with Crippen molar-refractivity contribution in [2.24, 2.45) is 23.5 Å². The summed E-state index contributed by atoms with van der Waals surface area (Å²) in [5.41, 5.74) is 11.0. The molecule has 58 heavy (non-hydrogen) atoms. The minimum atomic E-state index is -1.44. The fourth-order valence-electron chi connectivity index (χ4n) is 7.02. The van der Waals surface area contributed by atoms with E-state index in [1.165, 1.54) is 17.1 Å². The van der Waals surface area contributed by atoms with Crippen molar-refractivity contribution >= 4 is 23.8 Å². The first-order chi connectivity index (χ1) is 27.8. The minimum absolute atomic E-state index is 0.0555. The highest BCUT2D eigenvalue weighted by Crippen LogP contribution is 2.27. The van der Waals surface area contributed by atoms with Crippen LogP contribution in [0.3, 0.4) is 0 Å². The van der Waals surface area contributed by atoms with Gasteiger partial charge in [0, 0.05) is 71.5 Å². The number of carbonyl (C=O) groups excluding carboxylic acids is 4. The first kappa shape index (κ1) is 46.3. The molecule has 0 saturated carbocycles. The van der Waals surface area contributed by atoms with E-state index >= 15 is 0 Å². The van der Waals surface area contributed by atoms with Gasteiger partial charge in [-0.2, -0.15) is 0 Å². The van der Waals surface area contributed by atoms with Crippen molar-refractivity contribution in [3.8, 4) is 5.75 Å². The topological polar surface area (TPSA) is 223 Å². The van der Waals surface area contributed by atoms with Crippen molar-refractivity contribution in [2.75, 3.05) is 85.3 Å². The van der Waals surface area contributed by atoms with Crippen LogP contribution in [0.2, 0.25) is 0 Å². The van der Waals surface area contributed by atoms with Crippen molar-refractivity contribution in [2.45, 2.75) is 58.5 Å². The second-order valence-electron chi connectivity index (χ2n) is 15.6. The Kier molecular flexibility index (Phi) is 19.1. The Morgan fingerprint density at radius 1 is 0.759 bits per heavy atom. The van der Waals surface area contributed by atoms with E-state index in [2.05, 4.69) is 36.5 Å². The van der Waals surface area contributed by atoms with Crippen LogP contribution in [0.5, 0.6) is 5.75 Å². The molecule has 2 heterocycles. The Morgan fingerprint density at radius 3 is 1.76 bits per heavy atom. The molecule has 2 aliphatic rings. The van der Waals surface area contributed by atoms with Gasteiger partial charge in [0.25, 0.3) is 5.91 Å². The van der Waals surface area contributed by atoms with Gasteiger partial charge in [-0.25, -0.2) is 14.6 Å². The van der Waals surface area contributed by atoms with Gasteiger partial charge in [0.05, 0.1) is 44.5 Å². The van der Waals surface area contributed by atoms with Gasteiger partial charge in [0.15, 0.2) is 5.78 Å². The monoisotopic (exact) mass is 811 g/mol. The molecule has 5 amide bonds. The highest BCUT2D eigenvalue weighted by Gasteiger charge is 2.40. The molecule has 5 atom stereocenters. The van der Waals surface area contributed by atoms with E-state index in [0.717, 1.165) is 26.2 Å². The number of carbonyl (C=O) groups is 4. The van der Waals surface area contributed by atoms with Crippen LogP contribution in [0, 0.1) is 17.8 Å². The molecular weight excluding hydrogens is 747 g/mol. The molecule has 2 aromatic rings. The first-order valence-electron chi connectivity index (χ1n) is 20.4. The summed E-state index contributed by atoms with van der Waals surface area (Å²) in [4.78, 5) is 59.1. The third-order valence-corrected chi connectivity index (χ3v) is 10.4. The number of phenols is 1. The minimum Gasteiger partial charge on any atom is -0.508 e. The summed E-state index contributed by atoms with van der Waals surface area (Å²) in [7, 11) is 0. The number of phenolic OH excluding ortho intramolecular Hbond substituents is 1. The zero-order chi connectivity index (χ0) is 42.0. The summed E-state index contributed by atoms with van der Waals surface area (Å²) in [5, 5.41) is 34.8. The molecule has 0 radical (unpaired) electrons. The summed E-state index contributed by atoms with van der Waals surface area (Å²) in [6.07, 6.45) is -1.44. The summed E-state index contributed by atoms with van der Waals surface area (Å²) in [5.74, 6) is -2.84. The van der Waals surface area contributed by atoms with Gasteiger partial charge in [0.2, 0.25) is 0 Å². The number of ketones is 1. The Labute approximate surface area is 342 Å². The molecule has 322 valence electrons. The normalized spacial score (nSPS) is 17.9. The molecule has 0 spiro atoms. The third-order valence-electron chi connectivity index (χ3n) is 10.4. The summed E-state index contributed by atoms with van der Waals surface area (Å²) >= 11 is 0. The number of aromatic hydroxyl groups is 1. The number of nitrogens with zero attached hydrogens (tertiary/aromatic N) is 3. The van der Waals surface area contributed by atoms with Crippen LogP contribution >= 0.6 is 0 Å². The second-order valence-corrected chi connectivity index (χ2v) is 15.6. The number of nitrogens with one attached hydrogen (secondary N) is 5. The van der Waals surface area contributed by atoms with E-state index in [4.69, 9.17) is 15.2 Å². The van der Waals surface area contributed by atoms with Gasteiger partial charge < -0.3 is 46.7 Å². The Hall–Kier alpha value is -4.36. The van der Waals surface area contributed by atoms with Crippen LogP contribution in [-0.2, 0) is 25.6 Å². The Bertz CT molecular complexity index is 1560. The van der Waals surface area contributed by atoms with Crippen LogP contribution in [0.15, 0.2) is 54.6 Å². The first-order valence-corrected chi connectivity index (χ1v) is 20.4. The van der Waals surface area contributed by atoms with Gasteiger partial charge in [-0.3, -0.25) is 24.8 Å². The summed E-state index contributed by atoms with van der Waals surface area (Å²) < 4.78 is 10.8. The molecule has 9 N–H and O–H groups in total. The predicted octanol–water partition coefficient (Wildman–Crippen LogP) is 0.784. The van der Waals surface area contributed by atoms with Gasteiger partial charge in [-0.1, -0.05) is 70.2 Å². The van der Waals surface area contributed by atoms with Crippen LogP contribution in [0.1, 0.15) is 44.9 Å². The lowest BCUT2D eigenvalue weighted by Gasteiger charge is -2.35. The number of aliphatic hydroxyl groups excluding tert-OH is 1. The average Bonchev–Trinajstić information content (AvgIpc) is 3.20. The van der Waals surface area contributed by atoms with E-state index in [0.29, 0.717) is 63.7 Å². The lowest BCUT2D eigenvalue weighted by molar-refractivity contribution is -0.133. The van der Waals surface area contributed by atoms with E-state index in [1.54, 1.807) is 36.4 Å². The highest BCUT2D eigenvalue weighted by molar-refractivity contribution is 5.91. The number of amides is 5. The van der Waals surface area contributed by atoms with Crippen molar-refractivity contribution in [3.63, 3.8) is 0 Å². The lowest BCUT2D eigenvalue weighted by atomic mass is 9.80. The molecule has 0 aliphatic carbocycles. The number of nitrogens with two attached hydrogens (primary N) is 1. The quantitative estimate of drug-likeness (QED) is 0.0821. The number of Topliss-reactive ketones (excluding diaryl/α,β-unsaturated/α-hetero) is 1. The van der Waals surface area contributed by atoms with Crippen molar-refractivity contribution in [1.82, 2.24) is 41.5 Å². The maximum Gasteiger partial charge on any atom is 0.315 e. The number of hydrazine groups is 1. The molecule has 17 heteroatoms. The number of aliphatic hydroxyl groups is 1. The van der Waals surface area contributed by atoms with E-state index in [1.807, 2.05) is 33.8 Å². The molecule has 2 fully saturated rings. The Morgan fingerprint density at radius 2 is 1.26 bits per heavy atom. The summed E-state index contributed by atoms with van der Waals surface area (Å²) in [6, 6.07) is 11.4. The van der Waals surface area contributed by atoms with Crippen LogP contribution < -0.4 is 32.4 Å². The van der Waals surface area contributed by atoms with Crippen molar-refractivity contribution in [3.05, 3.63) is 65.7 Å². The zero-order valence-electron chi connectivity index (χ0n) is 34.4. The molecular formula is C41H65N9O8. The molecule has 1 unspecified atom stereocenters.